The molecule has 3 heterocycles. The molecule has 0 atom stereocenters. The predicted molar refractivity (Wildman–Crippen MR) is 103 cm³/mol. The number of aromatic nitrogens is 5. The van der Waals surface area contributed by atoms with E-state index in [0.29, 0.717) is 11.4 Å². The first-order chi connectivity index (χ1) is 13.5. The van der Waals surface area contributed by atoms with Crippen molar-refractivity contribution in [2.75, 3.05) is 6.86 Å². The van der Waals surface area contributed by atoms with Crippen LogP contribution in [0, 0.1) is 0 Å². The van der Waals surface area contributed by atoms with E-state index in [1.165, 1.54) is 0 Å². The minimum atomic E-state index is -0.899. The van der Waals surface area contributed by atoms with Crippen molar-refractivity contribution in [3.63, 3.8) is 0 Å². The van der Waals surface area contributed by atoms with E-state index in [2.05, 4.69) is 10.2 Å². The lowest BCUT2D eigenvalue weighted by Crippen LogP contribution is -2.17. The van der Waals surface area contributed by atoms with Crippen LogP contribution in [0.5, 0.6) is 5.75 Å². The summed E-state index contributed by atoms with van der Waals surface area (Å²) in [6.07, 6.45) is 9.02. The lowest BCUT2D eigenvalue weighted by molar-refractivity contribution is 0.192. The highest BCUT2D eigenvalue weighted by Gasteiger charge is 2.14. The van der Waals surface area contributed by atoms with Gasteiger partial charge in [0.25, 0.3) is 5.56 Å². The van der Waals surface area contributed by atoms with E-state index in [9.17, 15) is 9.18 Å². The van der Waals surface area contributed by atoms with Crippen LogP contribution in [0.15, 0.2) is 66.1 Å². The largest absolute Gasteiger partial charge is 0.463 e. The Hall–Kier alpha value is -3.68. The molecular weight excluding hydrogens is 361 g/mol. The molecule has 0 fully saturated rings. The lowest BCUT2D eigenvalue weighted by atomic mass is 10.0. The highest BCUT2D eigenvalue weighted by molar-refractivity contribution is 5.82. The van der Waals surface area contributed by atoms with Crippen LogP contribution in [0.2, 0.25) is 0 Å². The Labute approximate surface area is 160 Å². The highest BCUT2D eigenvalue weighted by Crippen LogP contribution is 2.31. The number of benzene rings is 1. The maximum absolute atomic E-state index is 12.8. The molecule has 0 aliphatic heterocycles. The summed E-state index contributed by atoms with van der Waals surface area (Å²) < 4.78 is 22.1. The van der Waals surface area contributed by atoms with Crippen molar-refractivity contribution in [1.29, 1.82) is 0 Å². The Balaban J connectivity index is 1.88. The molecule has 0 radical (unpaired) electrons. The summed E-state index contributed by atoms with van der Waals surface area (Å²) in [5.41, 5.74) is 3.82. The molecule has 0 bridgehead atoms. The quantitative estimate of drug-likeness (QED) is 0.535. The van der Waals surface area contributed by atoms with Gasteiger partial charge in [-0.05, 0) is 29.8 Å². The molecule has 0 spiro atoms. The van der Waals surface area contributed by atoms with Crippen molar-refractivity contribution >= 4 is 0 Å². The average Bonchev–Trinajstić information content (AvgIpc) is 3.31. The number of pyridine rings is 1. The fraction of sp³-hybridized carbons (Fsp3) is 0.150. The van der Waals surface area contributed by atoms with Gasteiger partial charge in [0, 0.05) is 61.1 Å². The first-order valence-electron chi connectivity index (χ1n) is 8.59. The van der Waals surface area contributed by atoms with Gasteiger partial charge in [0.15, 0.2) is 0 Å². The molecule has 3 aromatic heterocycles. The van der Waals surface area contributed by atoms with Crippen LogP contribution in [0.1, 0.15) is 0 Å². The van der Waals surface area contributed by atoms with Crippen LogP contribution in [0.4, 0.5) is 4.39 Å². The van der Waals surface area contributed by atoms with Crippen molar-refractivity contribution in [2.45, 2.75) is 0 Å². The molecule has 8 heteroatoms. The summed E-state index contributed by atoms with van der Waals surface area (Å²) in [4.78, 5) is 12.8. The topological polar surface area (TPSA) is 66.9 Å². The molecule has 28 heavy (non-hydrogen) atoms. The summed E-state index contributed by atoms with van der Waals surface area (Å²) in [6.45, 7) is -0.899. The minimum absolute atomic E-state index is 0.189. The van der Waals surface area contributed by atoms with Crippen LogP contribution in [-0.2, 0) is 14.1 Å². The molecule has 1 aromatic carbocycles. The van der Waals surface area contributed by atoms with Crippen molar-refractivity contribution in [3.8, 4) is 33.7 Å². The maximum Gasteiger partial charge on any atom is 0.255 e. The number of hydrogen-bond donors (Lipinski definition) is 0. The van der Waals surface area contributed by atoms with Gasteiger partial charge in [-0.3, -0.25) is 18.7 Å². The Bertz CT molecular complexity index is 1170. The summed E-state index contributed by atoms with van der Waals surface area (Å²) in [5.74, 6) is 0.402. The van der Waals surface area contributed by atoms with E-state index in [1.54, 1.807) is 62.9 Å². The van der Waals surface area contributed by atoms with Gasteiger partial charge in [-0.15, -0.1) is 0 Å². The van der Waals surface area contributed by atoms with Crippen LogP contribution >= 0.6 is 0 Å². The van der Waals surface area contributed by atoms with Gasteiger partial charge >= 0.3 is 0 Å². The molecule has 0 aliphatic rings. The van der Waals surface area contributed by atoms with Crippen LogP contribution in [0.3, 0.4) is 0 Å². The summed E-state index contributed by atoms with van der Waals surface area (Å²) in [5, 5.41) is 8.46. The third kappa shape index (κ3) is 3.32. The van der Waals surface area contributed by atoms with Gasteiger partial charge in [-0.1, -0.05) is 0 Å². The average molecular weight is 379 g/mol. The number of halogens is 1. The zero-order chi connectivity index (χ0) is 19.7. The Kier molecular flexibility index (Phi) is 4.52. The van der Waals surface area contributed by atoms with Crippen LogP contribution in [-0.4, -0.2) is 31.0 Å². The van der Waals surface area contributed by atoms with Gasteiger partial charge in [-0.2, -0.15) is 10.2 Å². The molecule has 0 aliphatic carbocycles. The molecule has 0 N–H and O–H groups in total. The Morgan fingerprint density at radius 3 is 2.07 bits per heavy atom. The number of hydrogen-bond acceptors (Lipinski definition) is 4. The van der Waals surface area contributed by atoms with Gasteiger partial charge in [-0.25, -0.2) is 4.39 Å². The standard InChI is InChI=1S/C20H18FN5O2/c1-24-10-14(8-22-24)18-7-20(27)26(12-19(18)15-9-23-25(2)11-15)16-3-5-17(6-4-16)28-13-21/h3-12H,13H2,1-2H3. The first kappa shape index (κ1) is 17.7. The number of nitrogens with zero attached hydrogens (tertiary/aromatic N) is 5. The first-order valence-corrected chi connectivity index (χ1v) is 8.59. The monoisotopic (exact) mass is 379 g/mol. The number of alkyl halides is 1. The van der Waals surface area contributed by atoms with Gasteiger partial charge in [0.05, 0.1) is 12.4 Å². The maximum atomic E-state index is 12.8. The summed E-state index contributed by atoms with van der Waals surface area (Å²) in [6, 6.07) is 8.26. The van der Waals surface area contributed by atoms with E-state index >= 15 is 0 Å². The zero-order valence-electron chi connectivity index (χ0n) is 15.4. The third-order valence-corrected chi connectivity index (χ3v) is 4.42. The molecule has 0 saturated carbocycles. The van der Waals surface area contributed by atoms with Crippen LogP contribution in [0.25, 0.3) is 27.9 Å². The fourth-order valence-corrected chi connectivity index (χ4v) is 3.09. The number of rotatable bonds is 5. The zero-order valence-corrected chi connectivity index (χ0v) is 15.4. The Morgan fingerprint density at radius 2 is 1.54 bits per heavy atom. The Morgan fingerprint density at radius 1 is 0.929 bits per heavy atom. The molecule has 4 aromatic rings. The molecule has 7 nitrogen and oxygen atoms in total. The second-order valence-corrected chi connectivity index (χ2v) is 6.36. The smallest absolute Gasteiger partial charge is 0.255 e. The van der Waals surface area contributed by atoms with E-state index in [0.717, 1.165) is 22.3 Å². The SMILES string of the molecule is Cn1cc(-c2cc(=O)n(-c3ccc(OCF)cc3)cc2-c2cnn(C)c2)cn1. The molecule has 4 rings (SSSR count). The third-order valence-electron chi connectivity index (χ3n) is 4.42. The van der Waals surface area contributed by atoms with Crippen LogP contribution < -0.4 is 10.3 Å². The number of ether oxygens (including phenoxy) is 1. The molecule has 0 unspecified atom stereocenters. The van der Waals surface area contributed by atoms with Crippen molar-refractivity contribution < 1.29 is 9.13 Å². The van der Waals surface area contributed by atoms with E-state index in [-0.39, 0.29) is 5.56 Å². The molecule has 0 amide bonds. The lowest BCUT2D eigenvalue weighted by Gasteiger charge is -2.12. The molecule has 0 saturated heterocycles. The van der Waals surface area contributed by atoms with E-state index < -0.39 is 6.86 Å². The second kappa shape index (κ2) is 7.15. The van der Waals surface area contributed by atoms with Crippen molar-refractivity contribution in [1.82, 2.24) is 24.1 Å². The highest BCUT2D eigenvalue weighted by atomic mass is 19.1. The van der Waals surface area contributed by atoms with Gasteiger partial charge in [0.1, 0.15) is 5.75 Å². The van der Waals surface area contributed by atoms with Crippen molar-refractivity contribution in [3.05, 3.63) is 71.7 Å². The molecular formula is C20H18FN5O2. The van der Waals surface area contributed by atoms with Gasteiger partial charge in [0.2, 0.25) is 6.86 Å². The second-order valence-electron chi connectivity index (χ2n) is 6.36. The van der Waals surface area contributed by atoms with E-state index in [1.807, 2.05) is 26.5 Å². The van der Waals surface area contributed by atoms with E-state index in [4.69, 9.17) is 4.74 Å². The summed E-state index contributed by atoms with van der Waals surface area (Å²) >= 11 is 0. The summed E-state index contributed by atoms with van der Waals surface area (Å²) in [7, 11) is 3.67. The van der Waals surface area contributed by atoms with Gasteiger partial charge < -0.3 is 4.74 Å². The number of aryl methyl sites for hydroxylation is 2. The minimum Gasteiger partial charge on any atom is -0.463 e. The molecule has 142 valence electrons. The normalized spacial score (nSPS) is 11.0. The predicted octanol–water partition coefficient (Wildman–Crippen LogP) is 2.94. The van der Waals surface area contributed by atoms with Crippen molar-refractivity contribution in [2.24, 2.45) is 14.1 Å². The fourth-order valence-electron chi connectivity index (χ4n) is 3.09.